The van der Waals surface area contributed by atoms with Crippen molar-refractivity contribution in [3.63, 3.8) is 0 Å². The van der Waals surface area contributed by atoms with E-state index >= 15 is 0 Å². The Hall–Kier alpha value is -2.34. The number of nitrogens with zero attached hydrogens (tertiary/aromatic N) is 3. The van der Waals surface area contributed by atoms with E-state index in [2.05, 4.69) is 5.10 Å². The molecule has 0 spiro atoms. The van der Waals surface area contributed by atoms with Crippen molar-refractivity contribution in [2.45, 2.75) is 32.2 Å². The van der Waals surface area contributed by atoms with Gasteiger partial charge in [-0.2, -0.15) is 5.10 Å². The zero-order chi connectivity index (χ0) is 18.5. The summed E-state index contributed by atoms with van der Waals surface area (Å²) in [5.74, 6) is -0.577. The second-order valence-corrected chi connectivity index (χ2v) is 7.12. The van der Waals surface area contributed by atoms with Crippen molar-refractivity contribution >= 4 is 23.5 Å². The van der Waals surface area contributed by atoms with Crippen LogP contribution in [0.4, 0.5) is 0 Å². The third kappa shape index (κ3) is 4.64. The smallest absolute Gasteiger partial charge is 0.303 e. The van der Waals surface area contributed by atoms with E-state index in [0.29, 0.717) is 36.6 Å². The van der Waals surface area contributed by atoms with Crippen molar-refractivity contribution in [1.29, 1.82) is 0 Å². The average Bonchev–Trinajstić information content (AvgIpc) is 3.10. The highest BCUT2D eigenvalue weighted by Gasteiger charge is 2.25. The Morgan fingerprint density at radius 3 is 2.88 bits per heavy atom. The van der Waals surface area contributed by atoms with Crippen LogP contribution in [-0.4, -0.2) is 44.8 Å². The molecule has 1 amide bonds. The van der Waals surface area contributed by atoms with Crippen LogP contribution in [0.1, 0.15) is 41.6 Å². The van der Waals surface area contributed by atoms with Crippen LogP contribution in [0.15, 0.2) is 36.7 Å². The SMILES string of the molecule is O=C(O)CC[C@H]1CCCN(C(=O)c2cnn(Cc3ccccc3Cl)c2)C1. The number of hydrogen-bond donors (Lipinski definition) is 1. The number of carbonyl (C=O) groups is 2. The molecule has 0 aliphatic carbocycles. The molecule has 1 fully saturated rings. The normalized spacial score (nSPS) is 17.3. The molecule has 6 nitrogen and oxygen atoms in total. The summed E-state index contributed by atoms with van der Waals surface area (Å²) in [7, 11) is 0. The molecule has 138 valence electrons. The summed E-state index contributed by atoms with van der Waals surface area (Å²) >= 11 is 6.18. The summed E-state index contributed by atoms with van der Waals surface area (Å²) in [6.07, 6.45) is 5.98. The maximum atomic E-state index is 12.7. The molecule has 0 saturated carbocycles. The van der Waals surface area contributed by atoms with Crippen molar-refractivity contribution in [3.8, 4) is 0 Å². The molecule has 1 aliphatic rings. The van der Waals surface area contributed by atoms with Gasteiger partial charge in [-0.1, -0.05) is 29.8 Å². The molecule has 1 aliphatic heterocycles. The van der Waals surface area contributed by atoms with E-state index in [-0.39, 0.29) is 18.2 Å². The first-order valence-electron chi connectivity index (χ1n) is 8.80. The molecule has 1 aromatic heterocycles. The van der Waals surface area contributed by atoms with Gasteiger partial charge in [0.1, 0.15) is 0 Å². The highest BCUT2D eigenvalue weighted by atomic mass is 35.5. The fourth-order valence-electron chi connectivity index (χ4n) is 3.36. The lowest BCUT2D eigenvalue weighted by Crippen LogP contribution is -2.40. The molecule has 2 heterocycles. The van der Waals surface area contributed by atoms with Crippen LogP contribution in [0, 0.1) is 5.92 Å². The van der Waals surface area contributed by atoms with Crippen molar-refractivity contribution in [3.05, 3.63) is 52.8 Å². The maximum Gasteiger partial charge on any atom is 0.303 e. The number of likely N-dealkylation sites (tertiary alicyclic amines) is 1. The Balaban J connectivity index is 1.62. The number of halogens is 1. The van der Waals surface area contributed by atoms with Gasteiger partial charge in [0.05, 0.1) is 18.3 Å². The number of aromatic nitrogens is 2. The van der Waals surface area contributed by atoms with Gasteiger partial charge in [0.25, 0.3) is 5.91 Å². The number of carbonyl (C=O) groups excluding carboxylic acids is 1. The predicted molar refractivity (Wildman–Crippen MR) is 98.3 cm³/mol. The summed E-state index contributed by atoms with van der Waals surface area (Å²) in [4.78, 5) is 25.3. The number of aliphatic carboxylic acids is 1. The maximum absolute atomic E-state index is 12.7. The molecule has 26 heavy (non-hydrogen) atoms. The van der Waals surface area contributed by atoms with E-state index in [0.717, 1.165) is 18.4 Å². The van der Waals surface area contributed by atoms with E-state index in [9.17, 15) is 9.59 Å². The number of carboxylic acid groups (broad SMARTS) is 1. The highest BCUT2D eigenvalue weighted by molar-refractivity contribution is 6.31. The summed E-state index contributed by atoms with van der Waals surface area (Å²) < 4.78 is 1.71. The van der Waals surface area contributed by atoms with Gasteiger partial charge in [-0.15, -0.1) is 0 Å². The molecular weight excluding hydrogens is 354 g/mol. The minimum absolute atomic E-state index is 0.0459. The van der Waals surface area contributed by atoms with Crippen LogP contribution < -0.4 is 0 Å². The van der Waals surface area contributed by atoms with Crippen molar-refractivity contribution in [1.82, 2.24) is 14.7 Å². The first kappa shape index (κ1) is 18.5. The van der Waals surface area contributed by atoms with E-state index in [4.69, 9.17) is 16.7 Å². The van der Waals surface area contributed by atoms with Crippen molar-refractivity contribution in [2.24, 2.45) is 5.92 Å². The minimum Gasteiger partial charge on any atom is -0.481 e. The lowest BCUT2D eigenvalue weighted by atomic mass is 9.93. The van der Waals surface area contributed by atoms with Gasteiger partial charge in [0.2, 0.25) is 0 Å². The average molecular weight is 376 g/mol. The van der Waals surface area contributed by atoms with E-state index in [1.54, 1.807) is 17.1 Å². The standard InChI is InChI=1S/C19H22ClN3O3/c20-17-6-2-1-5-15(17)12-23-13-16(10-21-23)19(26)22-9-3-4-14(11-22)7-8-18(24)25/h1-2,5-6,10,13-14H,3-4,7-9,11-12H2,(H,24,25)/t14-/m1/s1. The Morgan fingerprint density at radius 2 is 2.12 bits per heavy atom. The second-order valence-electron chi connectivity index (χ2n) is 6.71. The zero-order valence-electron chi connectivity index (χ0n) is 14.5. The molecule has 1 atom stereocenters. The van der Waals surface area contributed by atoms with Gasteiger partial charge in [-0.25, -0.2) is 0 Å². The van der Waals surface area contributed by atoms with Crippen LogP contribution in [0.3, 0.4) is 0 Å². The molecule has 7 heteroatoms. The van der Waals surface area contributed by atoms with E-state index < -0.39 is 5.97 Å². The molecule has 0 radical (unpaired) electrons. The van der Waals surface area contributed by atoms with Crippen LogP contribution in [0.5, 0.6) is 0 Å². The van der Waals surface area contributed by atoms with Crippen molar-refractivity contribution < 1.29 is 14.7 Å². The predicted octanol–water partition coefficient (Wildman–Crippen LogP) is 3.30. The monoisotopic (exact) mass is 375 g/mol. The molecule has 1 saturated heterocycles. The Kier molecular flexibility index (Phi) is 5.93. The first-order chi connectivity index (χ1) is 12.5. The largest absolute Gasteiger partial charge is 0.481 e. The Bertz CT molecular complexity index is 790. The van der Waals surface area contributed by atoms with Crippen LogP contribution >= 0.6 is 11.6 Å². The summed E-state index contributed by atoms with van der Waals surface area (Å²) in [6.45, 7) is 1.83. The summed E-state index contributed by atoms with van der Waals surface area (Å²) in [5.41, 5.74) is 1.50. The molecule has 1 aromatic carbocycles. The number of rotatable bonds is 6. The van der Waals surface area contributed by atoms with Gasteiger partial charge < -0.3 is 10.0 Å². The number of amides is 1. The molecule has 1 N–H and O–H groups in total. The number of carboxylic acids is 1. The number of hydrogen-bond acceptors (Lipinski definition) is 3. The van der Waals surface area contributed by atoms with Gasteiger partial charge >= 0.3 is 5.97 Å². The van der Waals surface area contributed by atoms with Crippen LogP contribution in [0.25, 0.3) is 0 Å². The number of benzene rings is 1. The molecule has 3 rings (SSSR count). The lowest BCUT2D eigenvalue weighted by Gasteiger charge is -2.32. The highest BCUT2D eigenvalue weighted by Crippen LogP contribution is 2.23. The van der Waals surface area contributed by atoms with Gasteiger partial charge in [0, 0.05) is 30.7 Å². The van der Waals surface area contributed by atoms with Crippen LogP contribution in [0.2, 0.25) is 5.02 Å². The van der Waals surface area contributed by atoms with E-state index in [1.165, 1.54) is 0 Å². The third-order valence-electron chi connectivity index (χ3n) is 4.74. The molecule has 0 unspecified atom stereocenters. The fourth-order valence-corrected chi connectivity index (χ4v) is 3.55. The third-order valence-corrected chi connectivity index (χ3v) is 5.11. The quantitative estimate of drug-likeness (QED) is 0.840. The van der Waals surface area contributed by atoms with E-state index in [1.807, 2.05) is 29.2 Å². The fraction of sp³-hybridized carbons (Fsp3) is 0.421. The van der Waals surface area contributed by atoms with Crippen molar-refractivity contribution in [2.75, 3.05) is 13.1 Å². The first-order valence-corrected chi connectivity index (χ1v) is 9.17. The topological polar surface area (TPSA) is 75.4 Å². The molecule has 0 bridgehead atoms. The van der Waals surface area contributed by atoms with Crippen LogP contribution in [-0.2, 0) is 11.3 Å². The van der Waals surface area contributed by atoms with Gasteiger partial charge in [-0.3, -0.25) is 14.3 Å². The van der Waals surface area contributed by atoms with Gasteiger partial charge in [0.15, 0.2) is 0 Å². The summed E-state index contributed by atoms with van der Waals surface area (Å²) in [5, 5.41) is 13.8. The van der Waals surface area contributed by atoms with Gasteiger partial charge in [-0.05, 0) is 36.8 Å². The zero-order valence-corrected chi connectivity index (χ0v) is 15.2. The Labute approximate surface area is 157 Å². The second kappa shape index (κ2) is 8.36. The molecule has 2 aromatic rings. The Morgan fingerprint density at radius 1 is 1.31 bits per heavy atom. The summed E-state index contributed by atoms with van der Waals surface area (Å²) in [6, 6.07) is 7.56. The molecular formula is C19H22ClN3O3. The number of piperidine rings is 1. The lowest BCUT2D eigenvalue weighted by molar-refractivity contribution is -0.137. The minimum atomic E-state index is -0.783.